The van der Waals surface area contributed by atoms with E-state index in [1.807, 2.05) is 56.3 Å². The highest BCUT2D eigenvalue weighted by Gasteiger charge is 2.44. The molecule has 0 unspecified atom stereocenters. The molecule has 3 N–H and O–H groups in total. The number of benzene rings is 2. The summed E-state index contributed by atoms with van der Waals surface area (Å²) in [6.07, 6.45) is 3.57. The van der Waals surface area contributed by atoms with Gasteiger partial charge in [-0.05, 0) is 73.6 Å². The van der Waals surface area contributed by atoms with Gasteiger partial charge in [-0.1, -0.05) is 48.9 Å². The van der Waals surface area contributed by atoms with Crippen molar-refractivity contribution in [1.82, 2.24) is 25.1 Å². The number of hydrogen-bond acceptors (Lipinski definition) is 6. The van der Waals surface area contributed by atoms with E-state index in [4.69, 9.17) is 21.3 Å². The molecular weight excluding hydrogens is 640 g/mol. The van der Waals surface area contributed by atoms with E-state index in [0.717, 1.165) is 78.1 Å². The van der Waals surface area contributed by atoms with Crippen molar-refractivity contribution < 1.29 is 14.3 Å². The minimum Gasteiger partial charge on any atom is -0.481 e. The first-order chi connectivity index (χ1) is 23.6. The number of anilines is 1. The van der Waals surface area contributed by atoms with E-state index >= 15 is 0 Å². The van der Waals surface area contributed by atoms with Gasteiger partial charge in [0, 0.05) is 67.2 Å². The summed E-state index contributed by atoms with van der Waals surface area (Å²) in [5, 5.41) is 9.55. The van der Waals surface area contributed by atoms with Crippen LogP contribution in [-0.4, -0.2) is 65.2 Å². The molecule has 11 heteroatoms. The molecule has 4 heterocycles. The van der Waals surface area contributed by atoms with Gasteiger partial charge in [0.2, 0.25) is 5.88 Å². The Morgan fingerprint density at radius 2 is 1.90 bits per heavy atom. The molecule has 0 radical (unpaired) electrons. The second-order valence-electron chi connectivity index (χ2n) is 13.5. The zero-order chi connectivity index (χ0) is 34.4. The van der Waals surface area contributed by atoms with Gasteiger partial charge in [-0.25, -0.2) is 9.78 Å². The lowest BCUT2D eigenvalue weighted by atomic mass is 9.95. The fourth-order valence-corrected chi connectivity index (χ4v) is 8.14. The third kappa shape index (κ3) is 5.97. The number of ether oxygens (including phenoxy) is 1. The lowest BCUT2D eigenvalue weighted by molar-refractivity contribution is 0.102. The van der Waals surface area contributed by atoms with Crippen molar-refractivity contribution >= 4 is 29.2 Å². The Balaban J connectivity index is 1.15. The van der Waals surface area contributed by atoms with Gasteiger partial charge in [-0.3, -0.25) is 9.59 Å². The zero-order valence-electron chi connectivity index (χ0n) is 28.3. The maximum Gasteiger partial charge on any atom is 0.315 e. The molecule has 49 heavy (non-hydrogen) atoms. The van der Waals surface area contributed by atoms with Crippen LogP contribution in [0.3, 0.4) is 0 Å². The summed E-state index contributed by atoms with van der Waals surface area (Å²) in [5.74, 6) is 0.460. The fraction of sp³-hybridized carbons (Fsp3) is 0.368. The van der Waals surface area contributed by atoms with Crippen LogP contribution in [0, 0.1) is 6.92 Å². The number of urea groups is 1. The molecule has 1 spiro atoms. The normalized spacial score (nSPS) is 19.9. The van der Waals surface area contributed by atoms with Gasteiger partial charge in [0.1, 0.15) is 5.56 Å². The first-order valence-electron chi connectivity index (χ1n) is 16.9. The third-order valence-electron chi connectivity index (χ3n) is 10.5. The number of carbonyl (C=O) groups excluding carboxylic acids is 2. The zero-order valence-corrected chi connectivity index (χ0v) is 29.0. The lowest BCUT2D eigenvalue weighted by Crippen LogP contribution is -2.46. The highest BCUT2D eigenvalue weighted by Crippen LogP contribution is 2.44. The van der Waals surface area contributed by atoms with Crippen molar-refractivity contribution in [2.45, 2.75) is 51.0 Å². The maximum atomic E-state index is 13.2. The largest absolute Gasteiger partial charge is 0.481 e. The van der Waals surface area contributed by atoms with Crippen LogP contribution in [0.4, 0.5) is 10.5 Å². The summed E-state index contributed by atoms with van der Waals surface area (Å²) in [4.78, 5) is 45.4. The fourth-order valence-electron chi connectivity index (χ4n) is 7.82. The number of halogens is 1. The average Bonchev–Trinajstić information content (AvgIpc) is 3.80. The van der Waals surface area contributed by atoms with Gasteiger partial charge in [0.15, 0.2) is 0 Å². The molecule has 2 saturated heterocycles. The molecule has 7 rings (SSSR count). The second-order valence-corrected chi connectivity index (χ2v) is 13.8. The molecule has 0 bridgehead atoms. The topological polar surface area (TPSA) is 118 Å². The van der Waals surface area contributed by atoms with Crippen molar-refractivity contribution in [3.05, 3.63) is 97.9 Å². The highest BCUT2D eigenvalue weighted by atomic mass is 35.5. The van der Waals surface area contributed by atoms with Crippen LogP contribution in [0.25, 0.3) is 22.4 Å². The number of fused-ring (bicyclic) bond motifs is 1. The quantitative estimate of drug-likeness (QED) is 0.220. The van der Waals surface area contributed by atoms with Gasteiger partial charge in [0.05, 0.1) is 23.4 Å². The Bertz CT molecular complexity index is 2040. The number of methoxy groups -OCH3 is 1. The molecule has 3 amide bonds. The number of amides is 3. The second kappa shape index (κ2) is 13.0. The first-order valence-corrected chi connectivity index (χ1v) is 17.2. The molecular formula is C38H41ClN6O4. The van der Waals surface area contributed by atoms with E-state index in [0.29, 0.717) is 35.5 Å². The van der Waals surface area contributed by atoms with Gasteiger partial charge in [0.25, 0.3) is 11.5 Å². The Morgan fingerprint density at radius 3 is 2.65 bits per heavy atom. The molecule has 10 nitrogen and oxygen atoms in total. The van der Waals surface area contributed by atoms with E-state index in [1.54, 1.807) is 20.2 Å². The van der Waals surface area contributed by atoms with Crippen molar-refractivity contribution in [2.75, 3.05) is 38.6 Å². The lowest BCUT2D eigenvalue weighted by Gasteiger charge is -2.25. The van der Waals surface area contributed by atoms with Crippen LogP contribution in [0.15, 0.2) is 59.4 Å². The number of pyridine rings is 2. The number of nitrogens with zero attached hydrogens (tertiary/aromatic N) is 3. The van der Waals surface area contributed by atoms with E-state index < -0.39 is 5.91 Å². The van der Waals surface area contributed by atoms with Crippen LogP contribution in [0.5, 0.6) is 5.88 Å². The third-order valence-corrected chi connectivity index (χ3v) is 10.9. The van der Waals surface area contributed by atoms with E-state index in [9.17, 15) is 14.4 Å². The summed E-state index contributed by atoms with van der Waals surface area (Å²) in [5.41, 5.74) is 7.48. The number of likely N-dealkylation sites (tertiary alicyclic amines) is 1. The van der Waals surface area contributed by atoms with Crippen LogP contribution in [-0.2, 0) is 19.9 Å². The Hall–Kier alpha value is -4.67. The van der Waals surface area contributed by atoms with Crippen LogP contribution >= 0.6 is 11.6 Å². The van der Waals surface area contributed by atoms with Crippen molar-refractivity contribution in [3.63, 3.8) is 0 Å². The predicted molar refractivity (Wildman–Crippen MR) is 192 cm³/mol. The number of rotatable bonds is 8. The molecule has 2 atom stereocenters. The van der Waals surface area contributed by atoms with E-state index in [1.165, 1.54) is 10.1 Å². The number of carbonyl (C=O) groups is 2. The van der Waals surface area contributed by atoms with Gasteiger partial charge < -0.3 is 30.2 Å². The summed E-state index contributed by atoms with van der Waals surface area (Å²) in [7, 11) is 3.35. The Morgan fingerprint density at radius 1 is 1.12 bits per heavy atom. The molecule has 3 aliphatic rings. The predicted octanol–water partition coefficient (Wildman–Crippen LogP) is 5.69. The molecule has 0 saturated carbocycles. The molecule has 2 aliphatic heterocycles. The molecule has 2 aromatic carbocycles. The van der Waals surface area contributed by atoms with Crippen molar-refractivity contribution in [1.29, 1.82) is 0 Å². The first kappa shape index (κ1) is 32.9. The molecule has 4 aromatic rings. The SMILES string of the molecule is CCc1ccc(C(=O)Nc2cccc(-c3cccc(-c4cc5c(c(OC)n4)[C@@H](CN4CC[C@]6(CNC(=O)N6)C4)CC5)c3Cl)c2C)c(=O)n1C. The van der Waals surface area contributed by atoms with E-state index in [-0.39, 0.29) is 22.7 Å². The molecule has 254 valence electrons. The summed E-state index contributed by atoms with van der Waals surface area (Å²) in [6, 6.07) is 17.0. The van der Waals surface area contributed by atoms with Gasteiger partial charge in [-0.2, -0.15) is 0 Å². The summed E-state index contributed by atoms with van der Waals surface area (Å²) in [6.45, 7) is 7.25. The molecule has 2 fully saturated rings. The maximum absolute atomic E-state index is 13.2. The monoisotopic (exact) mass is 680 g/mol. The summed E-state index contributed by atoms with van der Waals surface area (Å²) >= 11 is 7.17. The standard InChI is InChI=1S/C38H41ClN6O4/c1-5-25-14-15-29(36(47)44(25)3)34(46)41-30-11-7-8-26(22(30)2)27-9-6-10-28(33(27)39)31-18-23-12-13-24(32(23)35(42-31)49-4)19-45-17-16-38(21-45)20-40-37(48)43-38/h6-11,14-15,18,24H,5,12-13,16-17,19-21H2,1-4H3,(H,41,46)(H2,40,43,48)/t24-,38+/m1/s1. The van der Waals surface area contributed by atoms with Crippen molar-refractivity contribution in [2.24, 2.45) is 7.05 Å². The number of aromatic nitrogens is 2. The van der Waals surface area contributed by atoms with Crippen LogP contribution in [0.1, 0.15) is 58.4 Å². The van der Waals surface area contributed by atoms with Gasteiger partial charge >= 0.3 is 6.03 Å². The van der Waals surface area contributed by atoms with Crippen LogP contribution in [0.2, 0.25) is 5.02 Å². The average molecular weight is 681 g/mol. The number of nitrogens with one attached hydrogen (secondary N) is 3. The van der Waals surface area contributed by atoms with Gasteiger partial charge in [-0.15, -0.1) is 0 Å². The smallest absolute Gasteiger partial charge is 0.315 e. The number of aryl methyl sites for hydroxylation is 2. The molecule has 2 aromatic heterocycles. The Kier molecular flexibility index (Phi) is 8.71. The van der Waals surface area contributed by atoms with Crippen molar-refractivity contribution in [3.8, 4) is 28.3 Å². The highest BCUT2D eigenvalue weighted by molar-refractivity contribution is 6.36. The van der Waals surface area contributed by atoms with Crippen LogP contribution < -0.4 is 26.2 Å². The van der Waals surface area contributed by atoms with E-state index in [2.05, 4.69) is 26.9 Å². The number of hydrogen-bond donors (Lipinski definition) is 3. The molecule has 1 aliphatic carbocycles. The minimum absolute atomic E-state index is 0.0782. The summed E-state index contributed by atoms with van der Waals surface area (Å²) < 4.78 is 7.43. The minimum atomic E-state index is -0.456. The Labute approximate surface area is 290 Å².